The van der Waals surface area contributed by atoms with E-state index in [1.807, 2.05) is 60.4 Å². The van der Waals surface area contributed by atoms with Gasteiger partial charge >= 0.3 is 5.69 Å². The molecule has 0 unspecified atom stereocenters. The first kappa shape index (κ1) is 21.9. The van der Waals surface area contributed by atoms with Crippen molar-refractivity contribution in [3.05, 3.63) is 70.1 Å². The molecule has 2 amide bonds. The quantitative estimate of drug-likeness (QED) is 0.621. The summed E-state index contributed by atoms with van der Waals surface area (Å²) in [4.78, 5) is 39.6. The molecule has 1 fully saturated rings. The number of aryl methyl sites for hydroxylation is 2. The van der Waals surface area contributed by atoms with Crippen LogP contribution in [0.25, 0.3) is 11.0 Å². The van der Waals surface area contributed by atoms with Crippen molar-refractivity contribution >= 4 is 22.8 Å². The molecule has 4 rings (SSSR count). The zero-order valence-corrected chi connectivity index (χ0v) is 18.5. The first-order valence-electron chi connectivity index (χ1n) is 11.4. The number of carbonyl (C=O) groups is 2. The van der Waals surface area contributed by atoms with Gasteiger partial charge < -0.3 is 10.2 Å². The number of para-hydroxylation sites is 2. The number of hydrogen-bond donors (Lipinski definition) is 1. The summed E-state index contributed by atoms with van der Waals surface area (Å²) in [7, 11) is 0. The highest BCUT2D eigenvalue weighted by molar-refractivity contribution is 5.94. The van der Waals surface area contributed by atoms with Crippen molar-refractivity contribution in [1.82, 2.24) is 19.4 Å². The molecule has 0 saturated carbocycles. The van der Waals surface area contributed by atoms with Gasteiger partial charge in [-0.2, -0.15) is 0 Å². The number of rotatable bonds is 7. The Hall–Kier alpha value is -3.35. The number of hydrogen-bond acceptors (Lipinski definition) is 3. The van der Waals surface area contributed by atoms with E-state index in [4.69, 9.17) is 0 Å². The number of fused-ring (bicyclic) bond motifs is 1. The topological polar surface area (TPSA) is 76.3 Å². The smallest absolute Gasteiger partial charge is 0.329 e. The Morgan fingerprint density at radius 3 is 2.22 bits per heavy atom. The molecule has 2 aromatic carbocycles. The van der Waals surface area contributed by atoms with E-state index in [-0.39, 0.29) is 23.9 Å². The van der Waals surface area contributed by atoms with Crippen LogP contribution in [0.15, 0.2) is 53.3 Å². The van der Waals surface area contributed by atoms with Gasteiger partial charge in [-0.3, -0.25) is 18.7 Å². The molecular formula is C25H30N4O3. The lowest BCUT2D eigenvalue weighted by molar-refractivity contribution is -0.121. The van der Waals surface area contributed by atoms with E-state index in [0.29, 0.717) is 25.2 Å². The van der Waals surface area contributed by atoms with Crippen LogP contribution in [0.4, 0.5) is 0 Å². The highest BCUT2D eigenvalue weighted by atomic mass is 16.2. The van der Waals surface area contributed by atoms with E-state index in [0.717, 1.165) is 42.5 Å². The van der Waals surface area contributed by atoms with Crippen LogP contribution in [0, 0.1) is 0 Å². The van der Waals surface area contributed by atoms with E-state index in [1.54, 1.807) is 9.13 Å². The number of piperidine rings is 1. The van der Waals surface area contributed by atoms with Gasteiger partial charge in [0.1, 0.15) is 0 Å². The lowest BCUT2D eigenvalue weighted by Gasteiger charge is -2.26. The lowest BCUT2D eigenvalue weighted by Crippen LogP contribution is -2.35. The molecule has 1 aliphatic heterocycles. The van der Waals surface area contributed by atoms with Gasteiger partial charge in [0.05, 0.1) is 11.0 Å². The summed E-state index contributed by atoms with van der Waals surface area (Å²) < 4.78 is 3.39. The summed E-state index contributed by atoms with van der Waals surface area (Å²) >= 11 is 0. The summed E-state index contributed by atoms with van der Waals surface area (Å²) in [6.45, 7) is 4.92. The fourth-order valence-electron chi connectivity index (χ4n) is 4.34. The Morgan fingerprint density at radius 1 is 0.906 bits per heavy atom. The van der Waals surface area contributed by atoms with E-state index in [9.17, 15) is 14.4 Å². The van der Waals surface area contributed by atoms with E-state index >= 15 is 0 Å². The van der Waals surface area contributed by atoms with Crippen LogP contribution in [-0.2, 0) is 24.4 Å². The summed E-state index contributed by atoms with van der Waals surface area (Å²) in [5, 5.41) is 2.91. The van der Waals surface area contributed by atoms with Crippen molar-refractivity contribution in [3.63, 3.8) is 0 Å². The predicted molar refractivity (Wildman–Crippen MR) is 125 cm³/mol. The lowest BCUT2D eigenvalue weighted by atomic mass is 10.1. The minimum absolute atomic E-state index is 0.0805. The Kier molecular flexibility index (Phi) is 6.73. The first-order chi connectivity index (χ1) is 15.6. The van der Waals surface area contributed by atoms with Gasteiger partial charge in [0, 0.05) is 44.7 Å². The Bertz CT molecular complexity index is 1150. The van der Waals surface area contributed by atoms with E-state index < -0.39 is 0 Å². The monoisotopic (exact) mass is 434 g/mol. The molecule has 1 aliphatic rings. The van der Waals surface area contributed by atoms with Gasteiger partial charge in [-0.05, 0) is 56.0 Å². The van der Waals surface area contributed by atoms with Gasteiger partial charge in [-0.1, -0.05) is 24.3 Å². The van der Waals surface area contributed by atoms with Crippen LogP contribution in [-0.4, -0.2) is 38.9 Å². The number of imidazole rings is 1. The predicted octanol–water partition coefficient (Wildman–Crippen LogP) is 3.16. The van der Waals surface area contributed by atoms with Crippen molar-refractivity contribution in [2.24, 2.45) is 0 Å². The largest absolute Gasteiger partial charge is 0.352 e. The number of aromatic nitrogens is 2. The summed E-state index contributed by atoms with van der Waals surface area (Å²) in [5.74, 6) is -0.0318. The molecule has 7 heteroatoms. The number of nitrogens with zero attached hydrogens (tertiary/aromatic N) is 3. The third kappa shape index (κ3) is 4.61. The molecule has 1 aromatic heterocycles. The molecule has 0 aliphatic carbocycles. The third-order valence-corrected chi connectivity index (χ3v) is 6.14. The minimum atomic E-state index is -0.112. The molecule has 0 bridgehead atoms. The van der Waals surface area contributed by atoms with E-state index in [1.165, 1.54) is 6.42 Å². The zero-order chi connectivity index (χ0) is 22.5. The maximum atomic E-state index is 12.7. The average Bonchev–Trinajstić information content (AvgIpc) is 3.12. The molecule has 0 atom stereocenters. The fourth-order valence-corrected chi connectivity index (χ4v) is 4.34. The Labute approximate surface area is 187 Å². The van der Waals surface area contributed by atoms with Crippen LogP contribution in [0.3, 0.4) is 0 Å². The van der Waals surface area contributed by atoms with Crippen molar-refractivity contribution < 1.29 is 9.59 Å². The van der Waals surface area contributed by atoms with Crippen molar-refractivity contribution in [2.45, 2.75) is 52.2 Å². The van der Waals surface area contributed by atoms with Gasteiger partial charge in [-0.25, -0.2) is 4.79 Å². The summed E-state index contributed by atoms with van der Waals surface area (Å²) in [6.07, 6.45) is 3.56. The second kappa shape index (κ2) is 9.85. The van der Waals surface area contributed by atoms with Crippen molar-refractivity contribution in [3.8, 4) is 0 Å². The number of benzene rings is 2. The highest BCUT2D eigenvalue weighted by Gasteiger charge is 2.18. The number of likely N-dealkylation sites (tertiary alicyclic amines) is 1. The fraction of sp³-hybridized carbons (Fsp3) is 0.400. The second-order valence-electron chi connectivity index (χ2n) is 8.24. The second-order valence-corrected chi connectivity index (χ2v) is 8.24. The molecule has 3 aromatic rings. The Balaban J connectivity index is 1.32. The molecule has 0 radical (unpaired) electrons. The number of amides is 2. The normalized spacial score (nSPS) is 14.0. The number of nitrogens with one attached hydrogen (secondary N) is 1. The van der Waals surface area contributed by atoms with Crippen LogP contribution < -0.4 is 11.0 Å². The van der Waals surface area contributed by atoms with Gasteiger partial charge in [0.15, 0.2) is 0 Å². The minimum Gasteiger partial charge on any atom is -0.352 e. The molecule has 7 nitrogen and oxygen atoms in total. The van der Waals surface area contributed by atoms with Crippen LogP contribution in [0.5, 0.6) is 0 Å². The van der Waals surface area contributed by atoms with Crippen LogP contribution in [0.1, 0.15) is 48.5 Å². The molecule has 1 N–H and O–H groups in total. The standard InChI is InChI=1S/C25H30N4O3/c1-2-28-21-8-4-5-9-22(21)29(25(28)32)17-14-23(30)26-18-19-10-12-20(13-11-19)24(31)27-15-6-3-7-16-27/h4-5,8-13H,2-3,6-7,14-18H2,1H3,(H,26,30). The highest BCUT2D eigenvalue weighted by Crippen LogP contribution is 2.15. The van der Waals surface area contributed by atoms with Gasteiger partial charge in [0.25, 0.3) is 5.91 Å². The zero-order valence-electron chi connectivity index (χ0n) is 18.5. The first-order valence-corrected chi connectivity index (χ1v) is 11.4. The molecule has 2 heterocycles. The van der Waals surface area contributed by atoms with E-state index in [2.05, 4.69) is 5.32 Å². The number of carbonyl (C=O) groups excluding carboxylic acids is 2. The van der Waals surface area contributed by atoms with Crippen LogP contribution in [0.2, 0.25) is 0 Å². The SMILES string of the molecule is CCn1c(=O)n(CCC(=O)NCc2ccc(C(=O)N3CCCCC3)cc2)c2ccccc21. The third-order valence-electron chi connectivity index (χ3n) is 6.14. The summed E-state index contributed by atoms with van der Waals surface area (Å²) in [5.41, 5.74) is 3.28. The molecule has 32 heavy (non-hydrogen) atoms. The average molecular weight is 435 g/mol. The van der Waals surface area contributed by atoms with Crippen molar-refractivity contribution in [1.29, 1.82) is 0 Å². The molecule has 168 valence electrons. The maximum absolute atomic E-state index is 12.7. The molecule has 1 saturated heterocycles. The Morgan fingerprint density at radius 2 is 1.56 bits per heavy atom. The van der Waals surface area contributed by atoms with Crippen molar-refractivity contribution in [2.75, 3.05) is 13.1 Å². The van der Waals surface area contributed by atoms with Gasteiger partial charge in [-0.15, -0.1) is 0 Å². The maximum Gasteiger partial charge on any atom is 0.329 e. The summed E-state index contributed by atoms with van der Waals surface area (Å²) in [6, 6.07) is 15.1. The van der Waals surface area contributed by atoms with Crippen LogP contribution >= 0.6 is 0 Å². The molecule has 0 spiro atoms. The molecular weight excluding hydrogens is 404 g/mol. The van der Waals surface area contributed by atoms with Gasteiger partial charge in [0.2, 0.25) is 5.91 Å².